The largest absolute Gasteiger partial charge is 0.396 e. The van der Waals surface area contributed by atoms with Crippen molar-refractivity contribution in [1.29, 1.82) is 0 Å². The molecule has 266 valence electrons. The van der Waals surface area contributed by atoms with Crippen LogP contribution in [0, 0.1) is 23.2 Å². The van der Waals surface area contributed by atoms with Crippen molar-refractivity contribution in [2.45, 2.75) is 115 Å². The predicted octanol–water partition coefficient (Wildman–Crippen LogP) is 6.28. The summed E-state index contributed by atoms with van der Waals surface area (Å²) in [5.74, 6) is 1.28. The minimum Gasteiger partial charge on any atom is -0.396 e. The normalized spacial score (nSPS) is 35.9. The summed E-state index contributed by atoms with van der Waals surface area (Å²) in [5.41, 5.74) is 2.97. The second-order valence-corrected chi connectivity index (χ2v) is 16.0. The minimum atomic E-state index is -1.32. The van der Waals surface area contributed by atoms with Crippen molar-refractivity contribution in [2.24, 2.45) is 23.2 Å². The molecule has 3 aliphatic carbocycles. The number of amides is 1. The van der Waals surface area contributed by atoms with Gasteiger partial charge in [-0.1, -0.05) is 80.6 Å². The van der Waals surface area contributed by atoms with Crippen molar-refractivity contribution in [1.82, 2.24) is 4.90 Å². The number of fused-ring (bicyclic) bond motifs is 2. The van der Waals surface area contributed by atoms with Gasteiger partial charge >= 0.3 is 0 Å². The van der Waals surface area contributed by atoms with Crippen LogP contribution in [-0.2, 0) is 16.0 Å². The highest BCUT2D eigenvalue weighted by molar-refractivity contribution is 5.87. The van der Waals surface area contributed by atoms with E-state index >= 15 is 0 Å². The maximum Gasteiger partial charge on any atom is 0.254 e. The third-order valence-electron chi connectivity index (χ3n) is 12.6. The number of likely N-dealkylation sites (tertiary alicyclic amines) is 1. The van der Waals surface area contributed by atoms with Crippen LogP contribution in [-0.4, -0.2) is 80.9 Å². The third kappa shape index (κ3) is 7.34. The number of hydrogen-bond acceptors (Lipinski definition) is 6. The summed E-state index contributed by atoms with van der Waals surface area (Å²) in [6.45, 7) is 11.6. The number of ether oxygens (including phenoxy) is 1. The Hall–Kier alpha value is -2.81. The van der Waals surface area contributed by atoms with Gasteiger partial charge in [0.2, 0.25) is 0 Å². The van der Waals surface area contributed by atoms with Crippen LogP contribution in [0.1, 0.15) is 84.1 Å². The van der Waals surface area contributed by atoms with E-state index in [1.54, 1.807) is 6.92 Å². The number of rotatable bonds is 11. The fraction of sp³-hybridized carbons (Fsp3) is 0.595. The molecule has 9 atom stereocenters. The Morgan fingerprint density at radius 1 is 1.10 bits per heavy atom. The van der Waals surface area contributed by atoms with E-state index in [1.165, 1.54) is 28.3 Å². The molecule has 1 saturated heterocycles. The fourth-order valence-electron chi connectivity index (χ4n) is 10.0. The highest BCUT2D eigenvalue weighted by atomic mass is 16.5. The first-order valence-corrected chi connectivity index (χ1v) is 18.6. The average Bonchev–Trinajstić information content (AvgIpc) is 3.54. The van der Waals surface area contributed by atoms with Crippen LogP contribution in [0.3, 0.4) is 0 Å². The third-order valence-corrected chi connectivity index (χ3v) is 12.6. The molecule has 0 radical (unpaired) electrons. The van der Waals surface area contributed by atoms with Gasteiger partial charge in [-0.2, -0.15) is 0 Å². The summed E-state index contributed by atoms with van der Waals surface area (Å²) in [5, 5.41) is 44.2. The van der Waals surface area contributed by atoms with Gasteiger partial charge in [-0.3, -0.25) is 4.79 Å². The highest BCUT2D eigenvalue weighted by Gasteiger charge is 2.53. The van der Waals surface area contributed by atoms with Gasteiger partial charge in [0, 0.05) is 38.6 Å². The van der Waals surface area contributed by atoms with Gasteiger partial charge in [0.15, 0.2) is 0 Å². The van der Waals surface area contributed by atoms with Gasteiger partial charge in [0.05, 0.1) is 6.10 Å². The van der Waals surface area contributed by atoms with Gasteiger partial charge in [0.1, 0.15) is 17.8 Å². The van der Waals surface area contributed by atoms with Crippen molar-refractivity contribution in [3.8, 4) is 0 Å². The van der Waals surface area contributed by atoms with Gasteiger partial charge in [-0.15, -0.1) is 0 Å². The van der Waals surface area contributed by atoms with Crippen molar-refractivity contribution >= 4 is 16.7 Å². The number of hydrogen-bond donors (Lipinski definition) is 4. The predicted molar refractivity (Wildman–Crippen MR) is 194 cm³/mol. The molecule has 49 heavy (non-hydrogen) atoms. The minimum absolute atomic E-state index is 0.00580. The van der Waals surface area contributed by atoms with E-state index in [-0.39, 0.29) is 30.6 Å². The molecular weight excluding hydrogens is 614 g/mol. The van der Waals surface area contributed by atoms with Gasteiger partial charge in [0.25, 0.3) is 5.91 Å². The van der Waals surface area contributed by atoms with Crippen LogP contribution in [0.4, 0.5) is 0 Å². The first-order valence-electron chi connectivity index (χ1n) is 18.6. The van der Waals surface area contributed by atoms with E-state index in [0.29, 0.717) is 49.1 Å². The van der Waals surface area contributed by atoms with Gasteiger partial charge in [-0.05, 0) is 109 Å². The van der Waals surface area contributed by atoms with Crippen LogP contribution in [0.15, 0.2) is 77.9 Å². The number of carbonyl (C=O) groups excluding carboxylic acids is 1. The van der Waals surface area contributed by atoms with E-state index in [4.69, 9.17) is 9.84 Å². The lowest BCUT2D eigenvalue weighted by Crippen LogP contribution is -2.45. The summed E-state index contributed by atoms with van der Waals surface area (Å²) in [6.07, 6.45) is 10.4. The second-order valence-electron chi connectivity index (χ2n) is 16.0. The average molecular weight is 672 g/mol. The van der Waals surface area contributed by atoms with Crippen LogP contribution in [0.2, 0.25) is 0 Å². The van der Waals surface area contributed by atoms with Crippen molar-refractivity contribution in [2.75, 3.05) is 19.8 Å². The van der Waals surface area contributed by atoms with Gasteiger partial charge < -0.3 is 30.1 Å². The first-order chi connectivity index (χ1) is 23.4. The molecule has 2 aromatic carbocycles. The van der Waals surface area contributed by atoms with Crippen LogP contribution < -0.4 is 0 Å². The molecule has 0 aromatic heterocycles. The number of aliphatic hydroxyl groups is 4. The molecule has 7 heteroatoms. The monoisotopic (exact) mass is 671 g/mol. The Balaban J connectivity index is 1.12. The smallest absolute Gasteiger partial charge is 0.254 e. The van der Waals surface area contributed by atoms with E-state index < -0.39 is 23.9 Å². The molecule has 1 amide bonds. The zero-order chi connectivity index (χ0) is 34.9. The number of carbonyl (C=O) groups is 1. The molecule has 4 fully saturated rings. The summed E-state index contributed by atoms with van der Waals surface area (Å²) < 4.78 is 5.69. The first kappa shape index (κ1) is 36.0. The van der Waals surface area contributed by atoms with E-state index in [9.17, 15) is 20.1 Å². The van der Waals surface area contributed by atoms with Crippen molar-refractivity contribution < 1.29 is 30.0 Å². The number of allylic oxidation sites excluding steroid dienone is 3. The molecule has 4 aliphatic rings. The van der Waals surface area contributed by atoms with E-state index in [2.05, 4.69) is 75.0 Å². The molecule has 1 aliphatic heterocycles. The Morgan fingerprint density at radius 2 is 1.88 bits per heavy atom. The Labute approximate surface area is 292 Å². The van der Waals surface area contributed by atoms with E-state index in [0.717, 1.165) is 44.1 Å². The summed E-state index contributed by atoms with van der Waals surface area (Å²) in [4.78, 5) is 15.4. The van der Waals surface area contributed by atoms with E-state index in [1.807, 2.05) is 4.90 Å². The lowest BCUT2D eigenvalue weighted by Gasteiger charge is -2.45. The Morgan fingerprint density at radius 3 is 2.65 bits per heavy atom. The standard InChI is InChI=1S/C42H57NO6/c1-27(23-34-26-42(4,48)40(47)43(34)20-18-29-12-13-30-9-5-6-10-33(30)24-29)35-16-17-36-31(11-7-19-41(35,36)3)14-15-32-25-37(45)39(38(46)28(32)2)49-22-8-21-44/h5-6,9-10,12-15,24,27,34-39,44-46,48H,2,7-8,11,16-23,25-26H2,1,3-4H3/t27-,34?,35-,36+,37-,38-,39+,41-,42?/m1/s1. The van der Waals surface area contributed by atoms with Crippen LogP contribution >= 0.6 is 0 Å². The molecule has 2 unspecified atom stereocenters. The van der Waals surface area contributed by atoms with Gasteiger partial charge in [-0.25, -0.2) is 0 Å². The molecule has 2 aromatic rings. The van der Waals surface area contributed by atoms with Crippen LogP contribution in [0.25, 0.3) is 10.8 Å². The number of aliphatic hydroxyl groups excluding tert-OH is 3. The summed E-state index contributed by atoms with van der Waals surface area (Å²) in [7, 11) is 0. The lowest BCUT2D eigenvalue weighted by atomic mass is 9.60. The summed E-state index contributed by atoms with van der Waals surface area (Å²) >= 11 is 0. The summed E-state index contributed by atoms with van der Waals surface area (Å²) in [6, 6.07) is 14.9. The molecule has 7 nitrogen and oxygen atoms in total. The Kier molecular flexibility index (Phi) is 10.9. The molecule has 3 saturated carbocycles. The zero-order valence-electron chi connectivity index (χ0n) is 29.7. The maximum atomic E-state index is 13.5. The fourth-order valence-corrected chi connectivity index (χ4v) is 10.0. The second kappa shape index (κ2) is 14.8. The lowest BCUT2D eigenvalue weighted by molar-refractivity contribution is -0.142. The number of nitrogens with zero attached hydrogens (tertiary/aromatic N) is 1. The SMILES string of the molecule is C=C1C(=CC=C2CCC[C@]3(C)[C@@H]([C@H](C)CC4CC(C)(O)C(=O)N4CCc4ccc5ccccc5c4)CC[C@@H]23)C[C@@H](O)[C@H](OCCCO)[C@@H]1O. The topological polar surface area (TPSA) is 110 Å². The number of benzene rings is 2. The molecule has 6 rings (SSSR count). The molecule has 1 heterocycles. The molecule has 0 bridgehead atoms. The highest BCUT2D eigenvalue weighted by Crippen LogP contribution is 2.60. The van der Waals surface area contributed by atoms with Crippen molar-refractivity contribution in [3.63, 3.8) is 0 Å². The van der Waals surface area contributed by atoms with Crippen molar-refractivity contribution in [3.05, 3.63) is 83.5 Å². The zero-order valence-corrected chi connectivity index (χ0v) is 29.7. The molecule has 0 spiro atoms. The molecular formula is C42H57NO6. The van der Waals surface area contributed by atoms with Crippen LogP contribution in [0.5, 0.6) is 0 Å². The quantitative estimate of drug-likeness (QED) is 0.210. The Bertz CT molecular complexity index is 1580. The maximum absolute atomic E-state index is 13.5. The molecule has 4 N–H and O–H groups in total.